The molecule has 0 saturated carbocycles. The Morgan fingerprint density at radius 1 is 1.68 bits per heavy atom. The molecule has 1 aromatic rings. The summed E-state index contributed by atoms with van der Waals surface area (Å²) in [6.45, 7) is 1.47. The molecule has 0 radical (unpaired) electrons. The highest BCUT2D eigenvalue weighted by Gasteiger charge is 2.26. The summed E-state index contributed by atoms with van der Waals surface area (Å²) >= 11 is 4.74. The number of halogens is 1. The van der Waals surface area contributed by atoms with Crippen molar-refractivity contribution in [3.63, 3.8) is 0 Å². The molecule has 0 bridgehead atoms. The monoisotopic (exact) mass is 346 g/mol. The van der Waals surface area contributed by atoms with Gasteiger partial charge in [-0.25, -0.2) is 10.4 Å². The molecule has 8 heteroatoms. The predicted octanol–water partition coefficient (Wildman–Crippen LogP) is 0.690. The van der Waals surface area contributed by atoms with Gasteiger partial charge >= 0.3 is 0 Å². The van der Waals surface area contributed by atoms with Crippen molar-refractivity contribution in [1.82, 2.24) is 20.7 Å². The van der Waals surface area contributed by atoms with Gasteiger partial charge in [0.25, 0.3) is 5.91 Å². The zero-order valence-electron chi connectivity index (χ0n) is 10.3. The Balaban J connectivity index is 2.01. The van der Waals surface area contributed by atoms with Crippen molar-refractivity contribution >= 4 is 39.6 Å². The maximum Gasteiger partial charge on any atom is 0.259 e. The van der Waals surface area contributed by atoms with Gasteiger partial charge in [-0.1, -0.05) is 0 Å². The predicted molar refractivity (Wildman–Crippen MR) is 75.5 cm³/mol. The van der Waals surface area contributed by atoms with Crippen LogP contribution < -0.4 is 10.7 Å². The first-order valence-electron chi connectivity index (χ1n) is 6.05. The molecular weight excluding hydrogens is 332 g/mol. The molecule has 2 rings (SSSR count). The van der Waals surface area contributed by atoms with Crippen molar-refractivity contribution in [2.75, 3.05) is 13.1 Å². The van der Waals surface area contributed by atoms with Gasteiger partial charge in [0, 0.05) is 24.9 Å². The first-order chi connectivity index (χ1) is 9.20. The highest BCUT2D eigenvalue weighted by atomic mass is 79.9. The normalized spacial score (nSPS) is 17.0. The smallest absolute Gasteiger partial charge is 0.259 e. The van der Waals surface area contributed by atoms with Crippen LogP contribution in [0.5, 0.6) is 0 Å². The Labute approximate surface area is 123 Å². The third-order valence-corrected chi connectivity index (χ3v) is 4.43. The number of thiazole rings is 1. The van der Waals surface area contributed by atoms with Crippen molar-refractivity contribution in [1.29, 1.82) is 0 Å². The van der Waals surface area contributed by atoms with E-state index in [0.717, 1.165) is 29.0 Å². The lowest BCUT2D eigenvalue weighted by molar-refractivity contribution is -0.138. The summed E-state index contributed by atoms with van der Waals surface area (Å²) in [6.07, 6.45) is 3.02. The molecule has 0 unspecified atom stereocenters. The van der Waals surface area contributed by atoms with Crippen LogP contribution in [0.2, 0.25) is 0 Å². The number of carbonyl (C=O) groups is 2. The summed E-state index contributed by atoms with van der Waals surface area (Å²) < 4.78 is 0.751. The Bertz CT molecular complexity index is 448. The van der Waals surface area contributed by atoms with Gasteiger partial charge in [0.1, 0.15) is 10.6 Å². The Hall–Kier alpha value is -0.990. The second-order valence-electron chi connectivity index (χ2n) is 4.21. The minimum Gasteiger partial charge on any atom is -0.346 e. The number of carbonyl (C=O) groups excluding carboxylic acids is 2. The summed E-state index contributed by atoms with van der Waals surface area (Å²) in [7, 11) is 0. The second-order valence-corrected chi connectivity index (χ2v) is 5.97. The summed E-state index contributed by atoms with van der Waals surface area (Å²) in [5, 5.41) is 6.84. The van der Waals surface area contributed by atoms with Gasteiger partial charge < -0.3 is 5.32 Å². The van der Waals surface area contributed by atoms with Crippen LogP contribution in [0.1, 0.15) is 17.8 Å². The number of rotatable bonds is 5. The Morgan fingerprint density at radius 2 is 2.53 bits per heavy atom. The number of hydrogen-bond donors (Lipinski definition) is 2. The molecule has 0 spiro atoms. The van der Waals surface area contributed by atoms with Crippen LogP contribution in [0.4, 0.5) is 0 Å². The van der Waals surface area contributed by atoms with E-state index in [1.807, 2.05) is 5.38 Å². The van der Waals surface area contributed by atoms with Crippen molar-refractivity contribution in [3.8, 4) is 0 Å². The van der Waals surface area contributed by atoms with Gasteiger partial charge in [-0.2, -0.15) is 0 Å². The number of nitrogens with one attached hydrogen (secondary N) is 2. The first-order valence-corrected chi connectivity index (χ1v) is 7.72. The molecule has 19 heavy (non-hydrogen) atoms. The molecule has 104 valence electrons. The van der Waals surface area contributed by atoms with Crippen LogP contribution in [0, 0.1) is 0 Å². The van der Waals surface area contributed by atoms with Crippen LogP contribution in [0.15, 0.2) is 9.98 Å². The van der Waals surface area contributed by atoms with Crippen molar-refractivity contribution in [2.24, 2.45) is 0 Å². The van der Waals surface area contributed by atoms with Crippen molar-refractivity contribution in [3.05, 3.63) is 15.0 Å². The lowest BCUT2D eigenvalue weighted by Gasteiger charge is -2.30. The fourth-order valence-corrected chi connectivity index (χ4v) is 3.23. The lowest BCUT2D eigenvalue weighted by Crippen LogP contribution is -2.54. The van der Waals surface area contributed by atoms with E-state index in [9.17, 15) is 9.59 Å². The van der Waals surface area contributed by atoms with E-state index in [0.29, 0.717) is 19.4 Å². The third kappa shape index (κ3) is 3.99. The number of amides is 2. The molecule has 1 saturated heterocycles. The lowest BCUT2D eigenvalue weighted by atomic mass is 10.1. The molecule has 2 N–H and O–H groups in total. The van der Waals surface area contributed by atoms with E-state index in [2.05, 4.69) is 31.7 Å². The van der Waals surface area contributed by atoms with Gasteiger partial charge in [0.2, 0.25) is 6.41 Å². The molecule has 1 atom stereocenters. The zero-order valence-corrected chi connectivity index (χ0v) is 12.7. The average Bonchev–Trinajstić information content (AvgIpc) is 2.84. The molecule has 0 aromatic carbocycles. The van der Waals surface area contributed by atoms with Crippen LogP contribution in [-0.4, -0.2) is 41.4 Å². The number of aromatic nitrogens is 1. The van der Waals surface area contributed by atoms with Gasteiger partial charge in [0.15, 0.2) is 0 Å². The topological polar surface area (TPSA) is 74.3 Å². The molecule has 1 aliphatic heterocycles. The van der Waals surface area contributed by atoms with Gasteiger partial charge in [-0.05, 0) is 28.8 Å². The van der Waals surface area contributed by atoms with Gasteiger partial charge in [-0.3, -0.25) is 14.6 Å². The Morgan fingerprint density at radius 3 is 3.11 bits per heavy atom. The number of nitrogens with zero attached hydrogens (tertiary/aromatic N) is 2. The van der Waals surface area contributed by atoms with Crippen LogP contribution in [0.3, 0.4) is 0 Å². The van der Waals surface area contributed by atoms with Crippen LogP contribution >= 0.6 is 27.3 Å². The molecule has 0 aliphatic carbocycles. The van der Waals surface area contributed by atoms with Crippen molar-refractivity contribution in [2.45, 2.75) is 25.3 Å². The summed E-state index contributed by atoms with van der Waals surface area (Å²) in [6, 6.07) is -0.568. The molecule has 1 aromatic heterocycles. The highest BCUT2D eigenvalue weighted by molar-refractivity contribution is 9.10. The average molecular weight is 347 g/mol. The van der Waals surface area contributed by atoms with Crippen molar-refractivity contribution < 1.29 is 9.59 Å². The minimum absolute atomic E-state index is 0.113. The summed E-state index contributed by atoms with van der Waals surface area (Å²) in [5.41, 5.74) is 3.05. The fraction of sp³-hybridized carbons (Fsp3) is 0.545. The number of hydrazine groups is 1. The Kier molecular flexibility index (Phi) is 5.29. The van der Waals surface area contributed by atoms with Crippen LogP contribution in [-0.2, 0) is 16.0 Å². The van der Waals surface area contributed by atoms with Gasteiger partial charge in [-0.15, -0.1) is 11.3 Å². The molecule has 1 aliphatic rings. The molecular formula is C11H15BrN4O2S. The molecule has 6 nitrogen and oxygen atoms in total. The van der Waals surface area contributed by atoms with E-state index in [4.69, 9.17) is 0 Å². The van der Waals surface area contributed by atoms with E-state index < -0.39 is 6.04 Å². The second kappa shape index (κ2) is 6.97. The summed E-state index contributed by atoms with van der Waals surface area (Å²) in [5.74, 6) is -0.113. The SMILES string of the molecule is O=CN[C@@H](Cc1nc(Br)cs1)C(=O)N1CCCCN1. The quantitative estimate of drug-likeness (QED) is 0.769. The van der Waals surface area contributed by atoms with Gasteiger partial charge in [0.05, 0.1) is 5.01 Å². The van der Waals surface area contributed by atoms with E-state index in [1.165, 1.54) is 11.3 Å². The van der Waals surface area contributed by atoms with E-state index >= 15 is 0 Å². The van der Waals surface area contributed by atoms with E-state index in [-0.39, 0.29) is 5.91 Å². The van der Waals surface area contributed by atoms with E-state index in [1.54, 1.807) is 5.01 Å². The minimum atomic E-state index is -0.568. The first kappa shape index (κ1) is 14.4. The largest absolute Gasteiger partial charge is 0.346 e. The highest BCUT2D eigenvalue weighted by Crippen LogP contribution is 2.17. The standard InChI is InChI=1S/C11H15BrN4O2S/c12-9-6-19-10(15-9)5-8(13-7-17)11(18)16-4-2-1-3-14-16/h6-8,14H,1-5H2,(H,13,17)/t8-/m0/s1. The zero-order chi connectivity index (χ0) is 13.7. The molecule has 2 amide bonds. The molecule has 2 heterocycles. The third-order valence-electron chi connectivity index (χ3n) is 2.85. The number of hydrogen-bond acceptors (Lipinski definition) is 5. The summed E-state index contributed by atoms with van der Waals surface area (Å²) in [4.78, 5) is 27.2. The maximum atomic E-state index is 12.3. The van der Waals surface area contributed by atoms with Crippen LogP contribution in [0.25, 0.3) is 0 Å². The fourth-order valence-electron chi connectivity index (χ4n) is 1.92. The molecule has 1 fully saturated rings. The maximum absolute atomic E-state index is 12.3.